The Balaban J connectivity index is 1.80. The van der Waals surface area contributed by atoms with Crippen LogP contribution in [-0.2, 0) is 0 Å². The molecule has 0 bridgehead atoms. The van der Waals surface area contributed by atoms with Gasteiger partial charge in [0.1, 0.15) is 19.0 Å². The predicted molar refractivity (Wildman–Crippen MR) is 83.0 cm³/mol. The number of nitrogens with one attached hydrogen (secondary N) is 1. The summed E-state index contributed by atoms with van der Waals surface area (Å²) >= 11 is 0. The lowest BCUT2D eigenvalue weighted by molar-refractivity contribution is 0.102. The van der Waals surface area contributed by atoms with E-state index in [1.165, 1.54) is 0 Å². The Morgan fingerprint density at radius 3 is 2.73 bits per heavy atom. The minimum Gasteiger partial charge on any atom is -0.492 e. The van der Waals surface area contributed by atoms with E-state index in [0.29, 0.717) is 48.3 Å². The highest BCUT2D eigenvalue weighted by molar-refractivity contribution is 6.05. The van der Waals surface area contributed by atoms with Gasteiger partial charge in [0.2, 0.25) is 0 Å². The summed E-state index contributed by atoms with van der Waals surface area (Å²) in [7, 11) is 0. The average Bonchev–Trinajstić information content (AvgIpc) is 2.56. The van der Waals surface area contributed by atoms with Crippen molar-refractivity contribution in [3.05, 3.63) is 48.0 Å². The number of carbonyl (C=O) groups excluding carboxylic acids is 1. The summed E-state index contributed by atoms with van der Waals surface area (Å²) in [6.07, 6.45) is 0. The average molecular weight is 299 g/mol. The van der Waals surface area contributed by atoms with Gasteiger partial charge in [-0.05, 0) is 37.3 Å². The largest absolute Gasteiger partial charge is 0.492 e. The first-order valence-corrected chi connectivity index (χ1v) is 7.21. The molecule has 114 valence electrons. The fraction of sp³-hybridized carbons (Fsp3) is 0.235. The zero-order valence-corrected chi connectivity index (χ0v) is 12.3. The third-order valence-electron chi connectivity index (χ3n) is 3.24. The maximum Gasteiger partial charge on any atom is 0.255 e. The van der Waals surface area contributed by atoms with Gasteiger partial charge in [-0.2, -0.15) is 0 Å². The second kappa shape index (κ2) is 6.39. The first-order valence-electron chi connectivity index (χ1n) is 7.21. The highest BCUT2D eigenvalue weighted by Crippen LogP contribution is 2.31. The second-order valence-corrected chi connectivity index (χ2v) is 4.74. The highest BCUT2D eigenvalue weighted by Gasteiger charge is 2.16. The molecule has 0 unspecified atom stereocenters. The molecule has 0 atom stereocenters. The van der Waals surface area contributed by atoms with E-state index in [2.05, 4.69) is 5.32 Å². The summed E-state index contributed by atoms with van der Waals surface area (Å²) in [4.78, 5) is 12.4. The monoisotopic (exact) mass is 299 g/mol. The Labute approximate surface area is 128 Å². The SMILES string of the molecule is CCOc1ccccc1NC(=O)c1ccc2c(c1)OCCO2. The van der Waals surface area contributed by atoms with E-state index in [9.17, 15) is 4.79 Å². The Morgan fingerprint density at radius 1 is 1.14 bits per heavy atom. The van der Waals surface area contributed by atoms with Crippen LogP contribution < -0.4 is 19.5 Å². The summed E-state index contributed by atoms with van der Waals surface area (Å²) in [6.45, 7) is 3.46. The molecule has 1 aliphatic heterocycles. The van der Waals surface area contributed by atoms with Crippen LogP contribution in [0.4, 0.5) is 5.69 Å². The van der Waals surface area contributed by atoms with Crippen LogP contribution >= 0.6 is 0 Å². The van der Waals surface area contributed by atoms with Gasteiger partial charge in [-0.1, -0.05) is 12.1 Å². The standard InChI is InChI=1S/C17H17NO4/c1-2-20-14-6-4-3-5-13(14)18-17(19)12-7-8-15-16(11-12)22-10-9-21-15/h3-8,11H,2,9-10H2,1H3,(H,18,19). The van der Waals surface area contributed by atoms with E-state index in [4.69, 9.17) is 14.2 Å². The van der Waals surface area contributed by atoms with Crippen molar-refractivity contribution < 1.29 is 19.0 Å². The minimum atomic E-state index is -0.218. The van der Waals surface area contributed by atoms with Gasteiger partial charge in [0.25, 0.3) is 5.91 Å². The molecule has 5 nitrogen and oxygen atoms in total. The normalized spacial score (nSPS) is 12.6. The molecule has 2 aromatic carbocycles. The number of fused-ring (bicyclic) bond motifs is 1. The number of benzene rings is 2. The van der Waals surface area contributed by atoms with Crippen molar-refractivity contribution >= 4 is 11.6 Å². The van der Waals surface area contributed by atoms with E-state index in [1.807, 2.05) is 25.1 Å². The van der Waals surface area contributed by atoms with Gasteiger partial charge in [-0.15, -0.1) is 0 Å². The lowest BCUT2D eigenvalue weighted by Crippen LogP contribution is -2.17. The van der Waals surface area contributed by atoms with E-state index < -0.39 is 0 Å². The number of rotatable bonds is 4. The van der Waals surface area contributed by atoms with Gasteiger partial charge >= 0.3 is 0 Å². The quantitative estimate of drug-likeness (QED) is 0.942. The number of ether oxygens (including phenoxy) is 3. The second-order valence-electron chi connectivity index (χ2n) is 4.74. The molecule has 0 aliphatic carbocycles. The summed E-state index contributed by atoms with van der Waals surface area (Å²) in [5.41, 5.74) is 1.15. The molecule has 0 spiro atoms. The minimum absolute atomic E-state index is 0.218. The number of anilines is 1. The van der Waals surface area contributed by atoms with Gasteiger partial charge < -0.3 is 19.5 Å². The molecule has 0 radical (unpaired) electrons. The molecule has 1 N–H and O–H groups in total. The third kappa shape index (κ3) is 2.98. The molecule has 22 heavy (non-hydrogen) atoms. The predicted octanol–water partition coefficient (Wildman–Crippen LogP) is 3.11. The van der Waals surface area contributed by atoms with E-state index in [-0.39, 0.29) is 5.91 Å². The molecule has 5 heteroatoms. The Kier molecular flexibility index (Phi) is 4.14. The summed E-state index contributed by atoms with van der Waals surface area (Å²) < 4.78 is 16.5. The third-order valence-corrected chi connectivity index (χ3v) is 3.24. The van der Waals surface area contributed by atoms with Crippen molar-refractivity contribution in [3.63, 3.8) is 0 Å². The van der Waals surface area contributed by atoms with Crippen LogP contribution in [0.3, 0.4) is 0 Å². The summed E-state index contributed by atoms with van der Waals surface area (Å²) in [5.74, 6) is 1.69. The van der Waals surface area contributed by atoms with Gasteiger partial charge in [0.15, 0.2) is 11.5 Å². The van der Waals surface area contributed by atoms with Gasteiger partial charge in [0.05, 0.1) is 12.3 Å². The molecule has 2 aromatic rings. The van der Waals surface area contributed by atoms with Crippen LogP contribution in [0.1, 0.15) is 17.3 Å². The molecule has 3 rings (SSSR count). The Hall–Kier alpha value is -2.69. The van der Waals surface area contributed by atoms with Crippen LogP contribution in [0.15, 0.2) is 42.5 Å². The van der Waals surface area contributed by atoms with Gasteiger partial charge in [-0.25, -0.2) is 0 Å². The molecule has 1 amide bonds. The smallest absolute Gasteiger partial charge is 0.255 e. The van der Waals surface area contributed by atoms with Crippen molar-refractivity contribution in [2.75, 3.05) is 25.1 Å². The lowest BCUT2D eigenvalue weighted by atomic mass is 10.1. The van der Waals surface area contributed by atoms with Crippen LogP contribution in [-0.4, -0.2) is 25.7 Å². The molecule has 0 fully saturated rings. The van der Waals surface area contributed by atoms with E-state index in [0.717, 1.165) is 0 Å². The van der Waals surface area contributed by atoms with Crippen molar-refractivity contribution in [1.29, 1.82) is 0 Å². The van der Waals surface area contributed by atoms with Gasteiger partial charge in [-0.3, -0.25) is 4.79 Å². The number of hydrogen-bond donors (Lipinski definition) is 1. The number of amides is 1. The fourth-order valence-electron chi connectivity index (χ4n) is 2.23. The highest BCUT2D eigenvalue weighted by atomic mass is 16.6. The molecule has 0 saturated carbocycles. The topological polar surface area (TPSA) is 56.8 Å². The maximum atomic E-state index is 12.4. The van der Waals surface area contributed by atoms with Crippen molar-refractivity contribution in [3.8, 4) is 17.2 Å². The summed E-state index contributed by atoms with van der Waals surface area (Å²) in [6, 6.07) is 12.5. The van der Waals surface area contributed by atoms with Crippen molar-refractivity contribution in [2.45, 2.75) is 6.92 Å². The number of para-hydroxylation sites is 2. The Bertz CT molecular complexity index is 684. The molecule has 1 heterocycles. The number of carbonyl (C=O) groups is 1. The van der Waals surface area contributed by atoms with Crippen LogP contribution in [0, 0.1) is 0 Å². The zero-order chi connectivity index (χ0) is 15.4. The zero-order valence-electron chi connectivity index (χ0n) is 12.3. The lowest BCUT2D eigenvalue weighted by Gasteiger charge is -2.18. The van der Waals surface area contributed by atoms with E-state index >= 15 is 0 Å². The van der Waals surface area contributed by atoms with Crippen LogP contribution in [0.5, 0.6) is 17.2 Å². The van der Waals surface area contributed by atoms with Crippen LogP contribution in [0.25, 0.3) is 0 Å². The Morgan fingerprint density at radius 2 is 1.91 bits per heavy atom. The maximum absolute atomic E-state index is 12.4. The molecule has 0 saturated heterocycles. The molecular formula is C17H17NO4. The van der Waals surface area contributed by atoms with Crippen LogP contribution in [0.2, 0.25) is 0 Å². The first-order chi connectivity index (χ1) is 10.8. The van der Waals surface area contributed by atoms with E-state index in [1.54, 1.807) is 24.3 Å². The molecular weight excluding hydrogens is 282 g/mol. The summed E-state index contributed by atoms with van der Waals surface area (Å²) in [5, 5.41) is 2.86. The fourth-order valence-corrected chi connectivity index (χ4v) is 2.23. The van der Waals surface area contributed by atoms with Gasteiger partial charge in [0, 0.05) is 5.56 Å². The van der Waals surface area contributed by atoms with Crippen molar-refractivity contribution in [2.24, 2.45) is 0 Å². The number of hydrogen-bond acceptors (Lipinski definition) is 4. The molecule has 1 aliphatic rings. The first kappa shape index (κ1) is 14.3. The van der Waals surface area contributed by atoms with Crippen molar-refractivity contribution in [1.82, 2.24) is 0 Å². The molecule has 0 aromatic heterocycles.